The van der Waals surface area contributed by atoms with Crippen LogP contribution >= 0.6 is 22.7 Å². The molecule has 0 bridgehead atoms. The number of hydrogen-bond donors (Lipinski definition) is 0. The summed E-state index contributed by atoms with van der Waals surface area (Å²) in [6.07, 6.45) is 0. The third-order valence-electron chi connectivity index (χ3n) is 14.6. The van der Waals surface area contributed by atoms with E-state index in [9.17, 15) is 0 Å². The maximum Gasteiger partial charge on any atom is 0.256 e. The first-order chi connectivity index (χ1) is 30.7. The molecule has 282 valence electrons. The monoisotopic (exact) mass is 820 g/mol. The van der Waals surface area contributed by atoms with Crippen molar-refractivity contribution in [3.05, 3.63) is 158 Å². The Morgan fingerprint density at radius 2 is 0.806 bits per heavy atom. The van der Waals surface area contributed by atoms with Crippen molar-refractivity contribution in [2.24, 2.45) is 0 Å². The van der Waals surface area contributed by atoms with Crippen molar-refractivity contribution in [3.63, 3.8) is 0 Å². The fourth-order valence-corrected chi connectivity index (χ4v) is 14.5. The van der Waals surface area contributed by atoms with Crippen molar-refractivity contribution >= 4 is 153 Å². The Balaban J connectivity index is 0.927. The van der Waals surface area contributed by atoms with Gasteiger partial charge in [-0.05, 0) is 93.4 Å². The maximum absolute atomic E-state index is 7.01. The van der Waals surface area contributed by atoms with Crippen LogP contribution in [0.3, 0.4) is 0 Å². The zero-order valence-corrected chi connectivity index (χ0v) is 34.3. The van der Waals surface area contributed by atoms with E-state index in [2.05, 4.69) is 167 Å². The Morgan fingerprint density at radius 1 is 0.339 bits per heavy atom. The van der Waals surface area contributed by atoms with Gasteiger partial charge in [-0.15, -0.1) is 22.7 Å². The summed E-state index contributed by atoms with van der Waals surface area (Å²) >= 11 is 3.76. The second-order valence-electron chi connectivity index (χ2n) is 17.5. The highest BCUT2D eigenvalue weighted by Crippen LogP contribution is 2.45. The van der Waals surface area contributed by atoms with Crippen LogP contribution < -0.4 is 42.3 Å². The Hall–Kier alpha value is -7.25. The third-order valence-corrected chi connectivity index (χ3v) is 16.9. The van der Waals surface area contributed by atoms with Crippen LogP contribution in [0.5, 0.6) is 23.0 Å². The van der Waals surface area contributed by atoms with Crippen molar-refractivity contribution in [1.29, 1.82) is 0 Å². The Kier molecular flexibility index (Phi) is 5.41. The zero-order chi connectivity index (χ0) is 39.7. The summed E-state index contributed by atoms with van der Waals surface area (Å²) in [5.74, 6) is 3.54. The molecule has 8 heterocycles. The van der Waals surface area contributed by atoms with E-state index in [-0.39, 0.29) is 13.4 Å². The molecular weight excluding hydrogens is 794 g/mol. The quantitative estimate of drug-likeness (QED) is 0.143. The molecule has 0 fully saturated rings. The van der Waals surface area contributed by atoms with E-state index in [0.29, 0.717) is 0 Å². The number of thiophene rings is 2. The number of benzene rings is 9. The molecule has 0 unspecified atom stereocenters. The summed E-state index contributed by atoms with van der Waals surface area (Å²) in [7, 11) is 0. The summed E-state index contributed by atoms with van der Waals surface area (Å²) in [6.45, 7) is -0.0223. The van der Waals surface area contributed by atoms with Crippen molar-refractivity contribution in [2.45, 2.75) is 0 Å². The van der Waals surface area contributed by atoms with Gasteiger partial charge in [0, 0.05) is 90.4 Å². The lowest BCUT2D eigenvalue weighted by Crippen LogP contribution is -2.62. The lowest BCUT2D eigenvalue weighted by Gasteiger charge is -2.36. The van der Waals surface area contributed by atoms with Crippen molar-refractivity contribution in [1.82, 2.24) is 9.13 Å². The normalized spacial score (nSPS) is 14.0. The Bertz CT molecular complexity index is 4050. The van der Waals surface area contributed by atoms with Crippen LogP contribution in [0.15, 0.2) is 158 Å². The fraction of sp³-hybridized carbons (Fsp3) is 0. The second-order valence-corrected chi connectivity index (χ2v) is 19.6. The van der Waals surface area contributed by atoms with Crippen LogP contribution in [0, 0.1) is 0 Å². The first-order valence-corrected chi connectivity index (χ1v) is 22.9. The van der Waals surface area contributed by atoms with E-state index in [1.165, 1.54) is 128 Å². The van der Waals surface area contributed by atoms with E-state index in [0.717, 1.165) is 23.0 Å². The minimum absolute atomic E-state index is 0.0112. The third kappa shape index (κ3) is 3.58. The molecule has 4 aromatic heterocycles. The molecule has 9 aromatic carbocycles. The first kappa shape index (κ1) is 31.6. The predicted octanol–water partition coefficient (Wildman–Crippen LogP) is 10.5. The molecule has 4 aliphatic rings. The minimum atomic E-state index is -0.0112. The number of hydrogen-bond acceptors (Lipinski definition) is 4. The number of nitrogens with zero attached hydrogens (tertiary/aromatic N) is 2. The lowest BCUT2D eigenvalue weighted by molar-refractivity contribution is 0.465. The molecule has 4 nitrogen and oxygen atoms in total. The summed E-state index contributed by atoms with van der Waals surface area (Å²) in [5.41, 5.74) is 14.9. The number of rotatable bonds is 0. The molecule has 0 radical (unpaired) electrons. The molecule has 8 heteroatoms. The Morgan fingerprint density at radius 3 is 1.32 bits per heavy atom. The molecule has 0 saturated carbocycles. The SMILES string of the molecule is c1cc2c3c(c1)-n1c4cc5sc6ccccc6c5cc4c4cccc(c41)B3c1cc3c(cc1O2)Oc1cccc2c1B3c1cccc3c4cc5c(cc4n-2c13)sc1ccccc15. The van der Waals surface area contributed by atoms with Gasteiger partial charge < -0.3 is 18.6 Å². The molecule has 0 N–H and O–H groups in total. The number of fused-ring (bicyclic) bond motifs is 20. The van der Waals surface area contributed by atoms with E-state index < -0.39 is 0 Å². The Labute approximate surface area is 361 Å². The van der Waals surface area contributed by atoms with Gasteiger partial charge >= 0.3 is 0 Å². The minimum Gasteiger partial charge on any atom is -0.458 e. The van der Waals surface area contributed by atoms with Gasteiger partial charge in [-0.3, -0.25) is 0 Å². The molecule has 13 aromatic rings. The topological polar surface area (TPSA) is 28.3 Å². The van der Waals surface area contributed by atoms with Gasteiger partial charge in [-0.1, -0.05) is 91.0 Å². The summed E-state index contributed by atoms with van der Waals surface area (Å²) in [5, 5.41) is 10.5. The van der Waals surface area contributed by atoms with Gasteiger partial charge in [0.2, 0.25) is 0 Å². The van der Waals surface area contributed by atoms with E-state index in [4.69, 9.17) is 9.47 Å². The van der Waals surface area contributed by atoms with E-state index in [1.54, 1.807) is 0 Å². The standard InChI is InChI=1S/C54H26B2N2O2S2/c1-3-19-47-27(9-1)33-21-31-29-11-5-13-35-53(29)57(41(31)24-49(33)61-47)39-15-7-17-43-51(39)55(35)37-23-38-46(26-45(37)59-43)60-44-18-8-16-40-52(44)56(38)36-14-6-12-30-32-22-34-28-10-2-4-20-48(28)62-50(34)25-42(32)58(40)54(30)36/h1-26H. The van der Waals surface area contributed by atoms with E-state index >= 15 is 0 Å². The van der Waals surface area contributed by atoms with Crippen LogP contribution in [0.2, 0.25) is 0 Å². The van der Waals surface area contributed by atoms with Gasteiger partial charge in [0.1, 0.15) is 23.0 Å². The van der Waals surface area contributed by atoms with E-state index in [1.807, 2.05) is 22.7 Å². The maximum atomic E-state index is 7.01. The number of ether oxygens (including phenoxy) is 2. The van der Waals surface area contributed by atoms with Crippen LogP contribution in [0.25, 0.3) is 95.3 Å². The number of para-hydroxylation sites is 2. The van der Waals surface area contributed by atoms with Crippen LogP contribution in [-0.2, 0) is 0 Å². The predicted molar refractivity (Wildman–Crippen MR) is 263 cm³/mol. The largest absolute Gasteiger partial charge is 0.458 e. The molecule has 62 heavy (non-hydrogen) atoms. The van der Waals surface area contributed by atoms with Crippen molar-refractivity contribution in [3.8, 4) is 34.4 Å². The molecule has 0 saturated heterocycles. The van der Waals surface area contributed by atoms with Gasteiger partial charge in [0.15, 0.2) is 0 Å². The van der Waals surface area contributed by atoms with Gasteiger partial charge in [0.25, 0.3) is 13.4 Å². The highest BCUT2D eigenvalue weighted by molar-refractivity contribution is 7.26. The molecule has 4 aliphatic heterocycles. The first-order valence-electron chi connectivity index (χ1n) is 21.3. The molecule has 0 aliphatic carbocycles. The van der Waals surface area contributed by atoms with Crippen LogP contribution in [0.4, 0.5) is 0 Å². The highest BCUT2D eigenvalue weighted by Gasteiger charge is 2.45. The van der Waals surface area contributed by atoms with Crippen molar-refractivity contribution in [2.75, 3.05) is 0 Å². The number of aromatic nitrogens is 2. The second kappa shape index (κ2) is 10.6. The average molecular weight is 821 g/mol. The molecule has 0 spiro atoms. The van der Waals surface area contributed by atoms with Gasteiger partial charge in [0.05, 0.1) is 11.0 Å². The van der Waals surface area contributed by atoms with Crippen molar-refractivity contribution < 1.29 is 9.47 Å². The van der Waals surface area contributed by atoms with Crippen LogP contribution in [0.1, 0.15) is 0 Å². The highest BCUT2D eigenvalue weighted by atomic mass is 32.1. The molecule has 0 atom stereocenters. The molecule has 17 rings (SSSR count). The molecule has 0 amide bonds. The summed E-state index contributed by atoms with van der Waals surface area (Å²) in [4.78, 5) is 0. The molecular formula is C54H26B2N2O2S2. The summed E-state index contributed by atoms with van der Waals surface area (Å²) < 4.78 is 24.3. The van der Waals surface area contributed by atoms with Gasteiger partial charge in [-0.2, -0.15) is 0 Å². The van der Waals surface area contributed by atoms with Gasteiger partial charge in [-0.25, -0.2) is 0 Å². The smallest absolute Gasteiger partial charge is 0.256 e. The lowest BCUT2D eigenvalue weighted by atomic mass is 9.31. The summed E-state index contributed by atoms with van der Waals surface area (Å²) in [6, 6.07) is 59.0. The fourth-order valence-electron chi connectivity index (χ4n) is 12.2. The zero-order valence-electron chi connectivity index (χ0n) is 32.7. The average Bonchev–Trinajstić information content (AvgIpc) is 4.05. The van der Waals surface area contributed by atoms with Crippen LogP contribution in [-0.4, -0.2) is 22.6 Å².